The summed E-state index contributed by atoms with van der Waals surface area (Å²) in [5.41, 5.74) is 2.23. The Morgan fingerprint density at radius 1 is 1.26 bits per heavy atom. The Hall–Kier alpha value is -1.31. The lowest BCUT2D eigenvalue weighted by Crippen LogP contribution is -2.18. The van der Waals surface area contributed by atoms with E-state index in [1.807, 2.05) is 19.1 Å². The van der Waals surface area contributed by atoms with Crippen LogP contribution in [0.25, 0.3) is 0 Å². The van der Waals surface area contributed by atoms with Crippen LogP contribution in [0.2, 0.25) is 0 Å². The second-order valence-electron chi connectivity index (χ2n) is 5.43. The van der Waals surface area contributed by atoms with Crippen molar-refractivity contribution in [3.05, 3.63) is 29.3 Å². The molecule has 0 aliphatic carbocycles. The van der Waals surface area contributed by atoms with Gasteiger partial charge in [0.1, 0.15) is 11.5 Å². The van der Waals surface area contributed by atoms with Crippen LogP contribution in [0.3, 0.4) is 0 Å². The Morgan fingerprint density at radius 3 is 2.47 bits per heavy atom. The van der Waals surface area contributed by atoms with Crippen molar-refractivity contribution in [2.75, 3.05) is 6.61 Å². The first kappa shape index (κ1) is 15.7. The molecule has 19 heavy (non-hydrogen) atoms. The highest BCUT2D eigenvalue weighted by molar-refractivity contribution is 5.86. The van der Waals surface area contributed by atoms with E-state index in [-0.39, 0.29) is 5.92 Å². The number of ketones is 1. The van der Waals surface area contributed by atoms with Gasteiger partial charge in [-0.3, -0.25) is 4.79 Å². The molecule has 0 aromatic heterocycles. The molecule has 1 rings (SSSR count). The summed E-state index contributed by atoms with van der Waals surface area (Å²) >= 11 is 0. The highest BCUT2D eigenvalue weighted by atomic mass is 16.5. The van der Waals surface area contributed by atoms with Crippen LogP contribution in [0.15, 0.2) is 18.2 Å². The summed E-state index contributed by atoms with van der Waals surface area (Å²) < 4.78 is 5.81. The third kappa shape index (κ3) is 4.09. The monoisotopic (exact) mass is 262 g/mol. The predicted octanol–water partition coefficient (Wildman–Crippen LogP) is 4.50. The van der Waals surface area contributed by atoms with Crippen LogP contribution in [0.5, 0.6) is 5.75 Å². The predicted molar refractivity (Wildman–Crippen MR) is 79.8 cm³/mol. The van der Waals surface area contributed by atoms with Gasteiger partial charge in [0, 0.05) is 17.9 Å². The van der Waals surface area contributed by atoms with Gasteiger partial charge in [-0.05, 0) is 25.3 Å². The van der Waals surface area contributed by atoms with Crippen molar-refractivity contribution in [3.63, 3.8) is 0 Å². The van der Waals surface area contributed by atoms with Crippen LogP contribution >= 0.6 is 0 Å². The summed E-state index contributed by atoms with van der Waals surface area (Å²) in [6, 6.07) is 6.14. The zero-order chi connectivity index (χ0) is 14.4. The first-order valence-corrected chi connectivity index (χ1v) is 7.27. The van der Waals surface area contributed by atoms with E-state index in [0.717, 1.165) is 17.7 Å². The number of aryl methyl sites for hydroxylation is 1. The Bertz CT molecular complexity index is 421. The van der Waals surface area contributed by atoms with Crippen molar-refractivity contribution in [1.82, 2.24) is 0 Å². The minimum Gasteiger partial charge on any atom is -0.493 e. The normalized spacial score (nSPS) is 12.5. The van der Waals surface area contributed by atoms with Crippen LogP contribution in [-0.2, 0) is 4.79 Å². The lowest BCUT2D eigenvalue weighted by molar-refractivity contribution is -0.121. The van der Waals surface area contributed by atoms with E-state index in [1.165, 1.54) is 5.56 Å². The SMILES string of the molecule is CCCOc1ccc(C)cc1C(C(=O)CC)C(C)C. The molecule has 0 saturated heterocycles. The van der Waals surface area contributed by atoms with E-state index in [0.29, 0.717) is 24.7 Å². The minimum atomic E-state index is -0.0586. The quantitative estimate of drug-likeness (QED) is 0.723. The van der Waals surface area contributed by atoms with Gasteiger partial charge in [-0.25, -0.2) is 0 Å². The van der Waals surface area contributed by atoms with Crippen LogP contribution in [0.4, 0.5) is 0 Å². The Morgan fingerprint density at radius 2 is 1.95 bits per heavy atom. The van der Waals surface area contributed by atoms with Crippen molar-refractivity contribution in [2.24, 2.45) is 5.92 Å². The molecule has 1 atom stereocenters. The molecule has 0 heterocycles. The van der Waals surface area contributed by atoms with Gasteiger partial charge >= 0.3 is 0 Å². The van der Waals surface area contributed by atoms with Gasteiger partial charge in [-0.15, -0.1) is 0 Å². The molecule has 106 valence electrons. The van der Waals surface area contributed by atoms with Crippen molar-refractivity contribution in [3.8, 4) is 5.75 Å². The molecule has 0 N–H and O–H groups in total. The van der Waals surface area contributed by atoms with Crippen molar-refractivity contribution >= 4 is 5.78 Å². The fourth-order valence-electron chi connectivity index (χ4n) is 2.38. The van der Waals surface area contributed by atoms with Crippen molar-refractivity contribution in [1.29, 1.82) is 0 Å². The van der Waals surface area contributed by atoms with Gasteiger partial charge in [-0.1, -0.05) is 45.4 Å². The topological polar surface area (TPSA) is 26.3 Å². The van der Waals surface area contributed by atoms with Gasteiger partial charge < -0.3 is 4.74 Å². The maximum absolute atomic E-state index is 12.2. The molecule has 0 radical (unpaired) electrons. The lowest BCUT2D eigenvalue weighted by atomic mass is 9.83. The third-order valence-electron chi connectivity index (χ3n) is 3.32. The maximum atomic E-state index is 12.2. The molecule has 1 unspecified atom stereocenters. The average Bonchev–Trinajstić information content (AvgIpc) is 2.37. The third-order valence-corrected chi connectivity index (χ3v) is 3.32. The van der Waals surface area contributed by atoms with Crippen LogP contribution in [-0.4, -0.2) is 12.4 Å². The summed E-state index contributed by atoms with van der Waals surface area (Å²) in [6.45, 7) is 11.0. The van der Waals surface area contributed by atoms with E-state index in [2.05, 4.69) is 33.8 Å². The highest BCUT2D eigenvalue weighted by Crippen LogP contribution is 2.34. The Balaban J connectivity index is 3.19. The molecule has 0 bridgehead atoms. The number of carbonyl (C=O) groups excluding carboxylic acids is 1. The largest absolute Gasteiger partial charge is 0.493 e. The van der Waals surface area contributed by atoms with Gasteiger partial charge in [0.25, 0.3) is 0 Å². The summed E-state index contributed by atoms with van der Waals surface area (Å²) in [6.07, 6.45) is 1.55. The van der Waals surface area contributed by atoms with E-state index >= 15 is 0 Å². The van der Waals surface area contributed by atoms with E-state index < -0.39 is 0 Å². The molecule has 0 aliphatic heterocycles. The molecule has 1 aromatic rings. The number of benzene rings is 1. The molecule has 0 spiro atoms. The Kier molecular flexibility index (Phi) is 6.07. The standard InChI is InChI=1S/C17H26O2/c1-6-10-19-16-9-8-13(5)11-14(16)17(12(3)4)15(18)7-2/h8-9,11-12,17H,6-7,10H2,1-5H3. The van der Waals surface area contributed by atoms with Crippen molar-refractivity contribution in [2.45, 2.75) is 53.4 Å². The number of ether oxygens (including phenoxy) is 1. The molecule has 0 amide bonds. The first-order valence-electron chi connectivity index (χ1n) is 7.27. The Labute approximate surface area is 117 Å². The molecule has 2 nitrogen and oxygen atoms in total. The zero-order valence-corrected chi connectivity index (χ0v) is 12.8. The van der Waals surface area contributed by atoms with Gasteiger partial charge in [0.05, 0.1) is 6.61 Å². The van der Waals surface area contributed by atoms with Gasteiger partial charge in [0.15, 0.2) is 0 Å². The van der Waals surface area contributed by atoms with E-state index in [4.69, 9.17) is 4.74 Å². The molecule has 0 saturated carbocycles. The molecule has 2 heteroatoms. The fraction of sp³-hybridized carbons (Fsp3) is 0.588. The van der Waals surface area contributed by atoms with Crippen molar-refractivity contribution < 1.29 is 9.53 Å². The summed E-state index contributed by atoms with van der Waals surface area (Å²) in [7, 11) is 0. The summed E-state index contributed by atoms with van der Waals surface area (Å²) in [4.78, 5) is 12.2. The van der Waals surface area contributed by atoms with Crippen LogP contribution in [0, 0.1) is 12.8 Å². The summed E-state index contributed by atoms with van der Waals surface area (Å²) in [5, 5.41) is 0. The lowest BCUT2D eigenvalue weighted by Gasteiger charge is -2.23. The summed E-state index contributed by atoms with van der Waals surface area (Å²) in [5.74, 6) is 1.39. The number of Topliss-reactive ketones (excluding diaryl/α,β-unsaturated/α-hetero) is 1. The molecule has 1 aromatic carbocycles. The second kappa shape index (κ2) is 7.32. The average molecular weight is 262 g/mol. The number of carbonyl (C=O) groups is 1. The number of hydrogen-bond donors (Lipinski definition) is 0. The second-order valence-corrected chi connectivity index (χ2v) is 5.43. The molecule has 0 fully saturated rings. The number of rotatable bonds is 7. The zero-order valence-electron chi connectivity index (χ0n) is 12.8. The molecule has 0 aliphatic rings. The van der Waals surface area contributed by atoms with Gasteiger partial charge in [-0.2, -0.15) is 0 Å². The van der Waals surface area contributed by atoms with Crippen LogP contribution in [0.1, 0.15) is 57.6 Å². The van der Waals surface area contributed by atoms with E-state index in [9.17, 15) is 4.79 Å². The van der Waals surface area contributed by atoms with Gasteiger partial charge in [0.2, 0.25) is 0 Å². The maximum Gasteiger partial charge on any atom is 0.140 e. The van der Waals surface area contributed by atoms with E-state index in [1.54, 1.807) is 0 Å². The first-order chi connectivity index (χ1) is 9.01. The number of hydrogen-bond acceptors (Lipinski definition) is 2. The fourth-order valence-corrected chi connectivity index (χ4v) is 2.38. The minimum absolute atomic E-state index is 0.0586. The molecular formula is C17H26O2. The molecular weight excluding hydrogens is 236 g/mol. The smallest absolute Gasteiger partial charge is 0.140 e. The van der Waals surface area contributed by atoms with Crippen LogP contribution < -0.4 is 4.74 Å². The highest BCUT2D eigenvalue weighted by Gasteiger charge is 2.25.